The average molecular weight is 292 g/mol. The Balaban J connectivity index is 2.66. The van der Waals surface area contributed by atoms with Gasteiger partial charge in [0.25, 0.3) is 5.91 Å². The second kappa shape index (κ2) is 10.1. The molecule has 0 radical (unpaired) electrons. The van der Waals surface area contributed by atoms with Crippen molar-refractivity contribution in [2.45, 2.75) is 52.9 Å². The first-order chi connectivity index (χ1) is 10.2. The van der Waals surface area contributed by atoms with E-state index in [1.165, 1.54) is 12.8 Å². The number of aromatic nitrogens is 2. The van der Waals surface area contributed by atoms with Gasteiger partial charge in [-0.2, -0.15) is 0 Å². The van der Waals surface area contributed by atoms with Crippen LogP contribution < -0.4 is 5.32 Å². The molecule has 5 nitrogen and oxygen atoms in total. The highest BCUT2D eigenvalue weighted by Gasteiger charge is 2.16. The van der Waals surface area contributed by atoms with Gasteiger partial charge in [0.1, 0.15) is 5.69 Å². The van der Waals surface area contributed by atoms with Gasteiger partial charge in [-0.1, -0.05) is 33.6 Å². The van der Waals surface area contributed by atoms with Crippen LogP contribution in [0.15, 0.2) is 12.3 Å². The quantitative estimate of drug-likeness (QED) is 0.672. The van der Waals surface area contributed by atoms with Crippen LogP contribution in [0.2, 0.25) is 0 Å². The van der Waals surface area contributed by atoms with Crippen molar-refractivity contribution in [3.63, 3.8) is 0 Å². The minimum absolute atomic E-state index is 0.00212. The van der Waals surface area contributed by atoms with E-state index in [0.29, 0.717) is 11.6 Å². The molecule has 21 heavy (non-hydrogen) atoms. The first kappa shape index (κ1) is 17.4. The SMILES string of the molecule is CCCCCNc1nccc(C(=O)N(CCC)CCC)n1. The van der Waals surface area contributed by atoms with E-state index in [2.05, 4.69) is 36.1 Å². The third-order valence-corrected chi connectivity index (χ3v) is 3.21. The van der Waals surface area contributed by atoms with E-state index in [1.54, 1.807) is 12.3 Å². The van der Waals surface area contributed by atoms with E-state index in [9.17, 15) is 4.79 Å². The summed E-state index contributed by atoms with van der Waals surface area (Å²) in [6, 6.07) is 1.69. The summed E-state index contributed by atoms with van der Waals surface area (Å²) in [7, 11) is 0. The molecule has 118 valence electrons. The second-order valence-electron chi connectivity index (χ2n) is 5.19. The van der Waals surface area contributed by atoms with Crippen molar-refractivity contribution in [1.82, 2.24) is 14.9 Å². The number of anilines is 1. The topological polar surface area (TPSA) is 58.1 Å². The number of hydrogen-bond acceptors (Lipinski definition) is 4. The van der Waals surface area contributed by atoms with E-state index in [1.807, 2.05) is 4.90 Å². The van der Waals surface area contributed by atoms with Crippen molar-refractivity contribution in [3.8, 4) is 0 Å². The highest BCUT2D eigenvalue weighted by atomic mass is 16.2. The number of unbranched alkanes of at least 4 members (excludes halogenated alkanes) is 2. The van der Waals surface area contributed by atoms with E-state index in [-0.39, 0.29) is 5.91 Å². The molecule has 0 saturated carbocycles. The number of nitrogens with zero attached hydrogens (tertiary/aromatic N) is 3. The molecule has 1 aromatic heterocycles. The smallest absolute Gasteiger partial charge is 0.272 e. The molecular formula is C16H28N4O. The van der Waals surface area contributed by atoms with Crippen LogP contribution in [-0.2, 0) is 0 Å². The lowest BCUT2D eigenvalue weighted by molar-refractivity contribution is 0.0749. The van der Waals surface area contributed by atoms with Crippen LogP contribution in [0, 0.1) is 0 Å². The molecule has 0 aromatic carbocycles. The number of nitrogens with one attached hydrogen (secondary N) is 1. The summed E-state index contributed by atoms with van der Waals surface area (Å²) in [6.45, 7) is 8.73. The fraction of sp³-hybridized carbons (Fsp3) is 0.688. The van der Waals surface area contributed by atoms with E-state index >= 15 is 0 Å². The minimum Gasteiger partial charge on any atom is -0.354 e. The lowest BCUT2D eigenvalue weighted by atomic mass is 10.2. The third kappa shape index (κ3) is 6.10. The van der Waals surface area contributed by atoms with Crippen molar-refractivity contribution in [2.24, 2.45) is 0 Å². The molecule has 0 spiro atoms. The van der Waals surface area contributed by atoms with Gasteiger partial charge in [0.05, 0.1) is 0 Å². The van der Waals surface area contributed by atoms with Gasteiger partial charge in [0.2, 0.25) is 5.95 Å². The molecule has 0 fully saturated rings. The summed E-state index contributed by atoms with van der Waals surface area (Å²) in [5.41, 5.74) is 0.477. The van der Waals surface area contributed by atoms with Crippen LogP contribution in [0.3, 0.4) is 0 Å². The molecule has 0 aliphatic heterocycles. The molecule has 1 aromatic rings. The molecule has 1 N–H and O–H groups in total. The van der Waals surface area contributed by atoms with Gasteiger partial charge in [0.15, 0.2) is 0 Å². The normalized spacial score (nSPS) is 10.4. The Morgan fingerprint density at radius 3 is 2.48 bits per heavy atom. The zero-order chi connectivity index (χ0) is 15.5. The van der Waals surface area contributed by atoms with Crippen LogP contribution >= 0.6 is 0 Å². The maximum Gasteiger partial charge on any atom is 0.272 e. The van der Waals surface area contributed by atoms with Crippen molar-refractivity contribution in [3.05, 3.63) is 18.0 Å². The van der Waals surface area contributed by atoms with Gasteiger partial charge < -0.3 is 10.2 Å². The van der Waals surface area contributed by atoms with Crippen LogP contribution in [0.1, 0.15) is 63.4 Å². The Labute approximate surface area is 128 Å². The molecule has 0 bridgehead atoms. The highest BCUT2D eigenvalue weighted by Crippen LogP contribution is 2.07. The van der Waals surface area contributed by atoms with Gasteiger partial charge in [0, 0.05) is 25.8 Å². The Kier molecular flexibility index (Phi) is 8.40. The average Bonchev–Trinajstić information content (AvgIpc) is 2.51. The second-order valence-corrected chi connectivity index (χ2v) is 5.19. The van der Waals surface area contributed by atoms with Crippen LogP contribution in [0.5, 0.6) is 0 Å². The standard InChI is InChI=1S/C16H28N4O/c1-4-7-8-10-17-16-18-11-9-14(19-16)15(21)20(12-5-2)13-6-3/h9,11H,4-8,10,12-13H2,1-3H3,(H,17,18,19). The maximum absolute atomic E-state index is 12.5. The molecule has 1 rings (SSSR count). The number of carbonyl (C=O) groups excluding carboxylic acids is 1. The third-order valence-electron chi connectivity index (χ3n) is 3.21. The fourth-order valence-corrected chi connectivity index (χ4v) is 2.15. The lowest BCUT2D eigenvalue weighted by Gasteiger charge is -2.21. The molecule has 5 heteroatoms. The summed E-state index contributed by atoms with van der Waals surface area (Å²) in [5, 5.41) is 3.18. The van der Waals surface area contributed by atoms with Gasteiger partial charge in [-0.25, -0.2) is 9.97 Å². The highest BCUT2D eigenvalue weighted by molar-refractivity contribution is 5.92. The number of amides is 1. The van der Waals surface area contributed by atoms with Gasteiger partial charge in [-0.05, 0) is 25.3 Å². The van der Waals surface area contributed by atoms with Crippen molar-refractivity contribution in [1.29, 1.82) is 0 Å². The molecule has 0 saturated heterocycles. The van der Waals surface area contributed by atoms with E-state index in [0.717, 1.165) is 38.9 Å². The summed E-state index contributed by atoms with van der Waals surface area (Å²) in [5.74, 6) is 0.544. The molecule has 0 aliphatic carbocycles. The molecule has 1 amide bonds. The van der Waals surface area contributed by atoms with E-state index in [4.69, 9.17) is 0 Å². The zero-order valence-electron chi connectivity index (χ0n) is 13.6. The summed E-state index contributed by atoms with van der Waals surface area (Å²) in [4.78, 5) is 22.8. The maximum atomic E-state index is 12.5. The fourth-order valence-electron chi connectivity index (χ4n) is 2.15. The monoisotopic (exact) mass is 292 g/mol. The Hall–Kier alpha value is -1.65. The zero-order valence-corrected chi connectivity index (χ0v) is 13.6. The molecule has 0 atom stereocenters. The number of carbonyl (C=O) groups is 1. The summed E-state index contributed by atoms with van der Waals surface area (Å²) < 4.78 is 0. The van der Waals surface area contributed by atoms with Crippen molar-refractivity contribution >= 4 is 11.9 Å². The van der Waals surface area contributed by atoms with Crippen LogP contribution in [0.4, 0.5) is 5.95 Å². The van der Waals surface area contributed by atoms with Crippen LogP contribution in [-0.4, -0.2) is 40.4 Å². The summed E-state index contributed by atoms with van der Waals surface area (Å²) in [6.07, 6.45) is 7.03. The van der Waals surface area contributed by atoms with Crippen molar-refractivity contribution in [2.75, 3.05) is 25.0 Å². The molecule has 0 aliphatic rings. The predicted octanol–water partition coefficient (Wildman–Crippen LogP) is 3.34. The number of rotatable bonds is 10. The van der Waals surface area contributed by atoms with Gasteiger partial charge in [-0.15, -0.1) is 0 Å². The van der Waals surface area contributed by atoms with Gasteiger partial charge in [-0.3, -0.25) is 4.79 Å². The van der Waals surface area contributed by atoms with Crippen LogP contribution in [0.25, 0.3) is 0 Å². The molecule has 0 unspecified atom stereocenters. The lowest BCUT2D eigenvalue weighted by Crippen LogP contribution is -2.33. The van der Waals surface area contributed by atoms with Gasteiger partial charge >= 0.3 is 0 Å². The molecule has 1 heterocycles. The Morgan fingerprint density at radius 1 is 1.14 bits per heavy atom. The summed E-state index contributed by atoms with van der Waals surface area (Å²) >= 11 is 0. The Morgan fingerprint density at radius 2 is 1.86 bits per heavy atom. The minimum atomic E-state index is -0.00212. The largest absolute Gasteiger partial charge is 0.354 e. The first-order valence-electron chi connectivity index (χ1n) is 8.09. The predicted molar refractivity (Wildman–Crippen MR) is 86.5 cm³/mol. The van der Waals surface area contributed by atoms with Crippen molar-refractivity contribution < 1.29 is 4.79 Å². The van der Waals surface area contributed by atoms with E-state index < -0.39 is 0 Å². The first-order valence-corrected chi connectivity index (χ1v) is 8.09. The number of hydrogen-bond donors (Lipinski definition) is 1. The Bertz CT molecular complexity index is 416. The molecular weight excluding hydrogens is 264 g/mol.